The molecule has 0 aromatic rings. The topological polar surface area (TPSA) is 41.5 Å². The van der Waals surface area contributed by atoms with E-state index < -0.39 is 0 Å². The van der Waals surface area contributed by atoms with E-state index in [-0.39, 0.29) is 29.6 Å². The Kier molecular flexibility index (Phi) is 16.9. The summed E-state index contributed by atoms with van der Waals surface area (Å²) in [4.78, 5) is 0. The van der Waals surface area contributed by atoms with Gasteiger partial charge in [0.15, 0.2) is 0 Å². The molecule has 0 rings (SSSR count). The molecule has 0 spiro atoms. The Bertz CT molecular complexity index is 87.5. The summed E-state index contributed by atoms with van der Waals surface area (Å²) in [5.74, 6) is 0. The predicted octanol–water partition coefficient (Wildman–Crippen LogP) is -0.779. The Morgan fingerprint density at radius 3 is 2.38 bits per heavy atom. The van der Waals surface area contributed by atoms with Gasteiger partial charge in [-0.25, -0.2) is 0 Å². The zero-order valence-electron chi connectivity index (χ0n) is 8.75. The summed E-state index contributed by atoms with van der Waals surface area (Å²) in [5.41, 5.74) is 0. The summed E-state index contributed by atoms with van der Waals surface area (Å²) in [6.07, 6.45) is 5.65. The van der Waals surface area contributed by atoms with Crippen LogP contribution in [-0.2, 0) is 9.37 Å². The van der Waals surface area contributed by atoms with E-state index in [4.69, 9.17) is 0 Å². The molecule has 0 fully saturated rings. The van der Waals surface area contributed by atoms with Crippen molar-refractivity contribution in [3.05, 3.63) is 0 Å². The molecule has 0 radical (unpaired) electrons. The Labute approximate surface area is 107 Å². The van der Waals surface area contributed by atoms with Gasteiger partial charge in [-0.15, -0.1) is 0 Å². The molecule has 0 aromatic heterocycles. The van der Waals surface area contributed by atoms with Crippen molar-refractivity contribution < 1.29 is 44.2 Å². The predicted molar refractivity (Wildman–Crippen MR) is 48.0 cm³/mol. The van der Waals surface area contributed by atoms with Gasteiger partial charge in [0, 0.05) is 17.3 Å². The first kappa shape index (κ1) is 16.7. The van der Waals surface area contributed by atoms with Crippen molar-refractivity contribution in [2.45, 2.75) is 51.2 Å². The van der Waals surface area contributed by atoms with Crippen LogP contribution in [0.2, 0.25) is 0 Å². The van der Waals surface area contributed by atoms with Crippen LogP contribution in [0.5, 0.6) is 0 Å². The Morgan fingerprint density at radius 1 is 1.23 bits per heavy atom. The van der Waals surface area contributed by atoms with E-state index in [2.05, 4.69) is 23.2 Å². The maximum atomic E-state index is 9.57. The SMILES string of the molecule is CCCCC(CCC)SOO[O-].[Na+]. The largest absolute Gasteiger partial charge is 1.00 e. The molecule has 0 N–H and O–H groups in total. The monoisotopic (exact) mass is 216 g/mol. The van der Waals surface area contributed by atoms with Gasteiger partial charge in [-0.1, -0.05) is 33.1 Å². The molecular weight excluding hydrogens is 199 g/mol. The first-order valence-electron chi connectivity index (χ1n) is 4.47. The minimum atomic E-state index is 0. The van der Waals surface area contributed by atoms with Gasteiger partial charge in [0.05, 0.1) is 0 Å². The molecule has 13 heavy (non-hydrogen) atoms. The van der Waals surface area contributed by atoms with Crippen LogP contribution in [0.4, 0.5) is 0 Å². The van der Waals surface area contributed by atoms with Gasteiger partial charge >= 0.3 is 29.6 Å². The minimum absolute atomic E-state index is 0. The molecule has 0 saturated heterocycles. The van der Waals surface area contributed by atoms with E-state index in [1.807, 2.05) is 0 Å². The van der Waals surface area contributed by atoms with Crippen LogP contribution >= 0.6 is 12.0 Å². The van der Waals surface area contributed by atoms with Crippen molar-refractivity contribution in [3.8, 4) is 0 Å². The van der Waals surface area contributed by atoms with Gasteiger partial charge in [0.2, 0.25) is 0 Å². The number of rotatable bonds is 8. The molecule has 1 atom stereocenters. The van der Waals surface area contributed by atoms with E-state index in [1.54, 1.807) is 0 Å². The smallest absolute Gasteiger partial charge is 0.691 e. The molecule has 5 heteroatoms. The second kappa shape index (κ2) is 13.2. The standard InChI is InChI=1S/C8H18O3S.Na/c1-3-5-7-8(6-4-2)12-11-10-9;/h8-9H,3-7H2,1-2H3;/q;+1/p-1. The number of unbranched alkanes of at least 4 members (excludes halogenated alkanes) is 1. The van der Waals surface area contributed by atoms with Crippen LogP contribution in [-0.4, -0.2) is 5.25 Å². The first-order valence-corrected chi connectivity index (χ1v) is 5.27. The van der Waals surface area contributed by atoms with Gasteiger partial charge in [0.25, 0.3) is 0 Å². The van der Waals surface area contributed by atoms with Crippen LogP contribution in [0.1, 0.15) is 46.0 Å². The average Bonchev–Trinajstić information content (AvgIpc) is 2.10. The van der Waals surface area contributed by atoms with Crippen molar-refractivity contribution in [1.29, 1.82) is 0 Å². The maximum Gasteiger partial charge on any atom is 1.00 e. The summed E-state index contributed by atoms with van der Waals surface area (Å²) in [6.45, 7) is 4.27. The fourth-order valence-corrected chi connectivity index (χ4v) is 1.80. The second-order valence-electron chi connectivity index (χ2n) is 2.79. The average molecular weight is 216 g/mol. The van der Waals surface area contributed by atoms with E-state index in [1.165, 1.54) is 12.8 Å². The fourth-order valence-electron chi connectivity index (χ4n) is 1.07. The molecule has 1 unspecified atom stereocenters. The summed E-state index contributed by atoms with van der Waals surface area (Å²) in [7, 11) is 0. The van der Waals surface area contributed by atoms with E-state index in [9.17, 15) is 5.26 Å². The maximum absolute atomic E-state index is 9.57. The summed E-state index contributed by atoms with van der Waals surface area (Å²) in [6, 6.07) is 0. The third-order valence-corrected chi connectivity index (χ3v) is 2.57. The van der Waals surface area contributed by atoms with Crippen LogP contribution in [0.15, 0.2) is 0 Å². The van der Waals surface area contributed by atoms with E-state index in [0.29, 0.717) is 5.25 Å². The number of hydrogen-bond donors (Lipinski definition) is 0. The second-order valence-corrected chi connectivity index (χ2v) is 3.78. The summed E-state index contributed by atoms with van der Waals surface area (Å²) in [5, 5.41) is 13.3. The molecular formula is C8H17NaO3S. The molecule has 0 aliphatic heterocycles. The molecule has 0 aromatic carbocycles. The summed E-state index contributed by atoms with van der Waals surface area (Å²) >= 11 is 1.15. The van der Waals surface area contributed by atoms with E-state index >= 15 is 0 Å². The Morgan fingerprint density at radius 2 is 1.92 bits per heavy atom. The van der Waals surface area contributed by atoms with Crippen molar-refractivity contribution in [2.75, 3.05) is 0 Å². The zero-order valence-corrected chi connectivity index (χ0v) is 11.6. The van der Waals surface area contributed by atoms with Crippen LogP contribution < -0.4 is 34.8 Å². The van der Waals surface area contributed by atoms with Gasteiger partial charge in [-0.2, -0.15) is 4.33 Å². The third kappa shape index (κ3) is 11.2. The zero-order chi connectivity index (χ0) is 9.23. The van der Waals surface area contributed by atoms with Gasteiger partial charge in [0.1, 0.15) is 0 Å². The van der Waals surface area contributed by atoms with Gasteiger partial charge < -0.3 is 5.26 Å². The Hall–Kier alpha value is 1.23. The van der Waals surface area contributed by atoms with Crippen molar-refractivity contribution in [2.24, 2.45) is 0 Å². The van der Waals surface area contributed by atoms with Crippen molar-refractivity contribution in [1.82, 2.24) is 0 Å². The fraction of sp³-hybridized carbons (Fsp3) is 1.00. The minimum Gasteiger partial charge on any atom is -0.691 e. The van der Waals surface area contributed by atoms with Crippen LogP contribution in [0.3, 0.4) is 0 Å². The van der Waals surface area contributed by atoms with Crippen LogP contribution in [0, 0.1) is 0 Å². The van der Waals surface area contributed by atoms with Gasteiger partial charge in [-0.3, -0.25) is 5.04 Å². The number of hydrogen-bond acceptors (Lipinski definition) is 4. The summed E-state index contributed by atoms with van der Waals surface area (Å²) < 4.78 is 4.31. The molecule has 3 nitrogen and oxygen atoms in total. The third-order valence-electron chi connectivity index (χ3n) is 1.69. The normalized spacial score (nSPS) is 12.2. The molecule has 74 valence electrons. The van der Waals surface area contributed by atoms with Crippen molar-refractivity contribution >= 4 is 12.0 Å². The molecule has 0 aliphatic carbocycles. The van der Waals surface area contributed by atoms with Crippen molar-refractivity contribution in [3.63, 3.8) is 0 Å². The quantitative estimate of drug-likeness (QED) is 0.231. The molecule has 0 saturated carbocycles. The molecule has 0 amide bonds. The molecule has 0 bridgehead atoms. The molecule has 0 aliphatic rings. The first-order chi connectivity index (χ1) is 5.85. The van der Waals surface area contributed by atoms with E-state index in [0.717, 1.165) is 31.3 Å². The van der Waals surface area contributed by atoms with Gasteiger partial charge in [-0.05, 0) is 12.8 Å². The Balaban J connectivity index is 0. The molecule has 0 heterocycles. The van der Waals surface area contributed by atoms with Crippen LogP contribution in [0.25, 0.3) is 0 Å².